The molecule has 1 aromatic heterocycles. The number of hydrogen-bond acceptors (Lipinski definition) is 3. The van der Waals surface area contributed by atoms with Crippen molar-refractivity contribution in [3.05, 3.63) is 52.8 Å². The molecule has 0 bridgehead atoms. The van der Waals surface area contributed by atoms with Gasteiger partial charge in [0.1, 0.15) is 0 Å². The van der Waals surface area contributed by atoms with E-state index in [1.807, 2.05) is 13.1 Å². The Labute approximate surface area is 139 Å². The number of carbonyl (C=O) groups excluding carboxylic acids is 1. The van der Waals surface area contributed by atoms with Crippen molar-refractivity contribution >= 4 is 23.5 Å². The molecule has 0 saturated heterocycles. The summed E-state index contributed by atoms with van der Waals surface area (Å²) in [5.74, 6) is -1.18. The number of carboxylic acid groups (broad SMARTS) is 1. The van der Waals surface area contributed by atoms with Crippen LogP contribution in [0.25, 0.3) is 0 Å². The molecule has 0 saturated carbocycles. The fourth-order valence-electron chi connectivity index (χ4n) is 2.28. The Hall–Kier alpha value is -2.34. The second-order valence-corrected chi connectivity index (χ2v) is 5.65. The van der Waals surface area contributed by atoms with Gasteiger partial charge in [0, 0.05) is 30.4 Å². The lowest BCUT2D eigenvalue weighted by Crippen LogP contribution is -2.30. The van der Waals surface area contributed by atoms with Gasteiger partial charge in [-0.2, -0.15) is 5.10 Å². The maximum Gasteiger partial charge on any atom is 0.305 e. The van der Waals surface area contributed by atoms with Crippen LogP contribution in [0, 0.1) is 0 Å². The second kappa shape index (κ2) is 7.78. The molecule has 0 spiro atoms. The van der Waals surface area contributed by atoms with E-state index in [1.165, 1.54) is 0 Å². The summed E-state index contributed by atoms with van der Waals surface area (Å²) in [6.45, 7) is 0. The van der Waals surface area contributed by atoms with Gasteiger partial charge >= 0.3 is 5.97 Å². The summed E-state index contributed by atoms with van der Waals surface area (Å²) >= 11 is 5.84. The highest BCUT2D eigenvalue weighted by Crippen LogP contribution is 2.20. The smallest absolute Gasteiger partial charge is 0.305 e. The minimum absolute atomic E-state index is 0.181. The molecule has 23 heavy (non-hydrogen) atoms. The number of nitrogens with zero attached hydrogens (tertiary/aromatic N) is 2. The number of carboxylic acids is 1. The van der Waals surface area contributed by atoms with Crippen LogP contribution in [0.15, 0.2) is 36.5 Å². The van der Waals surface area contributed by atoms with Crippen LogP contribution < -0.4 is 5.32 Å². The predicted molar refractivity (Wildman–Crippen MR) is 86.1 cm³/mol. The van der Waals surface area contributed by atoms with Crippen molar-refractivity contribution in [2.75, 3.05) is 0 Å². The third-order valence-electron chi connectivity index (χ3n) is 3.52. The van der Waals surface area contributed by atoms with Gasteiger partial charge in [0.2, 0.25) is 5.91 Å². The molecule has 0 fully saturated rings. The van der Waals surface area contributed by atoms with Crippen LogP contribution in [-0.4, -0.2) is 26.8 Å². The summed E-state index contributed by atoms with van der Waals surface area (Å²) in [4.78, 5) is 23.2. The van der Waals surface area contributed by atoms with E-state index in [0.29, 0.717) is 17.0 Å². The molecule has 0 unspecified atom stereocenters. The summed E-state index contributed by atoms with van der Waals surface area (Å²) in [5.41, 5.74) is 1.66. The zero-order valence-corrected chi connectivity index (χ0v) is 13.5. The Bertz CT molecular complexity index is 682. The minimum atomic E-state index is -0.975. The summed E-state index contributed by atoms with van der Waals surface area (Å²) in [6.07, 6.45) is 2.30. The molecule has 7 heteroatoms. The van der Waals surface area contributed by atoms with Crippen LogP contribution in [-0.2, 0) is 23.1 Å². The Morgan fingerprint density at radius 3 is 2.57 bits per heavy atom. The molecule has 0 aliphatic rings. The van der Waals surface area contributed by atoms with Crippen molar-refractivity contribution in [1.29, 1.82) is 0 Å². The van der Waals surface area contributed by atoms with E-state index >= 15 is 0 Å². The number of rotatable bonds is 7. The van der Waals surface area contributed by atoms with E-state index in [9.17, 15) is 9.59 Å². The van der Waals surface area contributed by atoms with Gasteiger partial charge in [0.15, 0.2) is 0 Å². The number of halogens is 1. The number of benzene rings is 1. The lowest BCUT2D eigenvalue weighted by molar-refractivity contribution is -0.137. The number of hydrogen-bond donors (Lipinski definition) is 2. The molecule has 0 aliphatic heterocycles. The van der Waals surface area contributed by atoms with Crippen molar-refractivity contribution in [1.82, 2.24) is 15.1 Å². The van der Waals surface area contributed by atoms with Gasteiger partial charge < -0.3 is 10.4 Å². The van der Waals surface area contributed by atoms with E-state index in [2.05, 4.69) is 10.4 Å². The molecule has 1 aromatic carbocycles. The van der Waals surface area contributed by atoms with Crippen LogP contribution in [0.2, 0.25) is 5.02 Å². The van der Waals surface area contributed by atoms with Crippen molar-refractivity contribution in [3.8, 4) is 0 Å². The van der Waals surface area contributed by atoms with E-state index in [-0.39, 0.29) is 18.7 Å². The van der Waals surface area contributed by atoms with Crippen LogP contribution in [0.1, 0.15) is 30.1 Å². The molecule has 1 heterocycles. The van der Waals surface area contributed by atoms with E-state index in [1.54, 1.807) is 35.1 Å². The number of aryl methyl sites for hydroxylation is 2. The predicted octanol–water partition coefficient (Wildman–Crippen LogP) is 2.34. The first-order chi connectivity index (χ1) is 11.0. The third kappa shape index (κ3) is 5.10. The Morgan fingerprint density at radius 2 is 2.00 bits per heavy atom. The Kier molecular flexibility index (Phi) is 5.76. The lowest BCUT2D eigenvalue weighted by atomic mass is 10.0. The van der Waals surface area contributed by atoms with E-state index in [0.717, 1.165) is 5.69 Å². The molecule has 1 atom stereocenters. The molecule has 122 valence electrons. The molecule has 2 rings (SSSR count). The quantitative estimate of drug-likeness (QED) is 0.813. The molecule has 2 N–H and O–H groups in total. The maximum absolute atomic E-state index is 12.1. The Morgan fingerprint density at radius 1 is 1.30 bits per heavy atom. The molecular formula is C16H18ClN3O3. The third-order valence-corrected chi connectivity index (χ3v) is 3.77. The monoisotopic (exact) mass is 335 g/mol. The summed E-state index contributed by atoms with van der Waals surface area (Å²) in [7, 11) is 1.81. The number of carbonyl (C=O) groups is 2. The van der Waals surface area contributed by atoms with E-state index in [4.69, 9.17) is 16.7 Å². The lowest BCUT2D eigenvalue weighted by Gasteiger charge is -2.17. The van der Waals surface area contributed by atoms with Gasteiger partial charge in [-0.25, -0.2) is 0 Å². The zero-order chi connectivity index (χ0) is 16.8. The van der Waals surface area contributed by atoms with Gasteiger partial charge in [-0.1, -0.05) is 23.7 Å². The first-order valence-electron chi connectivity index (χ1n) is 7.19. The number of aliphatic carboxylic acids is 1. The topological polar surface area (TPSA) is 84.2 Å². The minimum Gasteiger partial charge on any atom is -0.481 e. The molecule has 0 radical (unpaired) electrons. The highest BCUT2D eigenvalue weighted by atomic mass is 35.5. The zero-order valence-electron chi connectivity index (χ0n) is 12.7. The second-order valence-electron chi connectivity index (χ2n) is 5.22. The molecular weight excluding hydrogens is 318 g/mol. The molecule has 0 aliphatic carbocycles. The standard InChI is InChI=1S/C16H18ClN3O3/c1-20-13(8-9-18-20)6-7-15(21)19-14(10-16(22)23)11-2-4-12(17)5-3-11/h2-5,8-9,14H,6-7,10H2,1H3,(H,19,21)(H,22,23)/t14-/m0/s1. The van der Waals surface area contributed by atoms with Crippen molar-refractivity contribution < 1.29 is 14.7 Å². The fourth-order valence-corrected chi connectivity index (χ4v) is 2.40. The van der Waals surface area contributed by atoms with Crippen LogP contribution in [0.3, 0.4) is 0 Å². The fraction of sp³-hybridized carbons (Fsp3) is 0.312. The first kappa shape index (κ1) is 17.0. The maximum atomic E-state index is 12.1. The number of aromatic nitrogens is 2. The van der Waals surface area contributed by atoms with Crippen molar-refractivity contribution in [3.63, 3.8) is 0 Å². The average molecular weight is 336 g/mol. The largest absolute Gasteiger partial charge is 0.481 e. The average Bonchev–Trinajstić information content (AvgIpc) is 2.90. The van der Waals surface area contributed by atoms with Gasteiger partial charge in [-0.15, -0.1) is 0 Å². The molecule has 2 aromatic rings. The highest BCUT2D eigenvalue weighted by Gasteiger charge is 2.18. The van der Waals surface area contributed by atoms with Crippen LogP contribution >= 0.6 is 11.6 Å². The summed E-state index contributed by atoms with van der Waals surface area (Å²) < 4.78 is 1.71. The summed E-state index contributed by atoms with van der Waals surface area (Å²) in [6, 6.07) is 8.06. The Balaban J connectivity index is 1.99. The SMILES string of the molecule is Cn1nccc1CCC(=O)N[C@@H](CC(=O)O)c1ccc(Cl)cc1. The number of amides is 1. The summed E-state index contributed by atoms with van der Waals surface area (Å²) in [5, 5.41) is 16.4. The van der Waals surface area contributed by atoms with Crippen LogP contribution in [0.4, 0.5) is 0 Å². The first-order valence-corrected chi connectivity index (χ1v) is 7.57. The van der Waals surface area contributed by atoms with Crippen molar-refractivity contribution in [2.24, 2.45) is 7.05 Å². The van der Waals surface area contributed by atoms with Gasteiger partial charge in [-0.3, -0.25) is 14.3 Å². The molecule has 1 amide bonds. The van der Waals surface area contributed by atoms with Gasteiger partial charge in [0.25, 0.3) is 0 Å². The van der Waals surface area contributed by atoms with Gasteiger partial charge in [0.05, 0.1) is 12.5 Å². The van der Waals surface area contributed by atoms with Crippen LogP contribution in [0.5, 0.6) is 0 Å². The normalized spacial score (nSPS) is 11.9. The highest BCUT2D eigenvalue weighted by molar-refractivity contribution is 6.30. The number of nitrogens with one attached hydrogen (secondary N) is 1. The van der Waals surface area contributed by atoms with Gasteiger partial charge in [-0.05, 0) is 30.2 Å². The molecule has 6 nitrogen and oxygen atoms in total. The van der Waals surface area contributed by atoms with Crippen molar-refractivity contribution in [2.45, 2.75) is 25.3 Å². The van der Waals surface area contributed by atoms with E-state index < -0.39 is 12.0 Å².